The first-order valence-electron chi connectivity index (χ1n) is 10.1. The minimum atomic E-state index is 0.633. The van der Waals surface area contributed by atoms with Gasteiger partial charge in [0.15, 0.2) is 0 Å². The third kappa shape index (κ3) is 4.01. The summed E-state index contributed by atoms with van der Waals surface area (Å²) in [5, 5.41) is 4.22. The van der Waals surface area contributed by atoms with Crippen molar-refractivity contribution in [2.45, 2.75) is 40.2 Å². The topological polar surface area (TPSA) is 29.9 Å². The highest BCUT2D eigenvalue weighted by Gasteiger charge is 2.16. The monoisotopic (exact) mass is 393 g/mol. The number of fused-ring (bicyclic) bond motifs is 1. The normalized spacial score (nSPS) is 16.1. The molecule has 3 nitrogen and oxygen atoms in total. The van der Waals surface area contributed by atoms with Gasteiger partial charge in [0.25, 0.3) is 0 Å². The van der Waals surface area contributed by atoms with Crippen LogP contribution in [0.25, 0.3) is 16.6 Å². The van der Waals surface area contributed by atoms with Crippen LogP contribution in [0.5, 0.6) is 0 Å². The lowest BCUT2D eigenvalue weighted by Crippen LogP contribution is -2.26. The third-order valence-electron chi connectivity index (χ3n) is 5.84. The number of aromatic nitrogens is 2. The quantitative estimate of drug-likeness (QED) is 0.610. The van der Waals surface area contributed by atoms with Crippen LogP contribution in [0, 0.1) is 19.8 Å². The maximum Gasteiger partial charge on any atom is 0.136 e. The van der Waals surface area contributed by atoms with Crippen molar-refractivity contribution in [1.82, 2.24) is 14.9 Å². The zero-order valence-electron chi connectivity index (χ0n) is 16.9. The average Bonchev–Trinajstić information content (AvgIpc) is 3.02. The predicted octanol–water partition coefficient (Wildman–Crippen LogP) is 5.76. The summed E-state index contributed by atoms with van der Waals surface area (Å²) in [6.07, 6.45) is 4.83. The number of rotatable bonds is 4. The van der Waals surface area contributed by atoms with Crippen LogP contribution in [0.1, 0.15) is 42.3 Å². The fourth-order valence-electron chi connectivity index (χ4n) is 4.05. The molecule has 0 aliphatic carbocycles. The van der Waals surface area contributed by atoms with Crippen LogP contribution in [0.4, 0.5) is 0 Å². The molecule has 4 heteroatoms. The average molecular weight is 394 g/mol. The van der Waals surface area contributed by atoms with Gasteiger partial charge in [-0.2, -0.15) is 0 Å². The van der Waals surface area contributed by atoms with Gasteiger partial charge in [0.1, 0.15) is 5.82 Å². The number of hydrogen-bond donors (Lipinski definition) is 1. The van der Waals surface area contributed by atoms with Gasteiger partial charge in [-0.15, -0.1) is 0 Å². The predicted molar refractivity (Wildman–Crippen MR) is 119 cm³/mol. The van der Waals surface area contributed by atoms with Gasteiger partial charge in [-0.25, -0.2) is 4.98 Å². The second-order valence-electron chi connectivity index (χ2n) is 8.01. The SMILES string of the molecule is C/C(=C\C1CCNCC1)c1nc2cc(C)c(C)cc2n1Cc1ccc(Cl)cc1. The van der Waals surface area contributed by atoms with Gasteiger partial charge in [-0.1, -0.05) is 29.8 Å². The summed E-state index contributed by atoms with van der Waals surface area (Å²) in [7, 11) is 0. The number of halogens is 1. The summed E-state index contributed by atoms with van der Waals surface area (Å²) in [5.74, 6) is 1.71. The lowest BCUT2D eigenvalue weighted by Gasteiger charge is -2.20. The van der Waals surface area contributed by atoms with E-state index in [0.717, 1.165) is 36.0 Å². The Morgan fingerprint density at radius 2 is 1.82 bits per heavy atom. The molecule has 2 aromatic carbocycles. The molecule has 1 aromatic heterocycles. The Labute approximate surface area is 172 Å². The summed E-state index contributed by atoms with van der Waals surface area (Å²) in [4.78, 5) is 5.05. The molecular formula is C24H28ClN3. The molecule has 1 saturated heterocycles. The molecule has 28 heavy (non-hydrogen) atoms. The number of nitrogens with one attached hydrogen (secondary N) is 1. The number of piperidine rings is 1. The van der Waals surface area contributed by atoms with E-state index in [4.69, 9.17) is 16.6 Å². The molecule has 1 fully saturated rings. The number of imidazole rings is 1. The van der Waals surface area contributed by atoms with Crippen molar-refractivity contribution in [3.05, 3.63) is 70.0 Å². The molecule has 0 bridgehead atoms. The molecule has 0 spiro atoms. The van der Waals surface area contributed by atoms with E-state index >= 15 is 0 Å². The fourth-order valence-corrected chi connectivity index (χ4v) is 4.18. The van der Waals surface area contributed by atoms with E-state index < -0.39 is 0 Å². The second-order valence-corrected chi connectivity index (χ2v) is 8.45. The van der Waals surface area contributed by atoms with Crippen LogP contribution in [0.2, 0.25) is 5.02 Å². The molecule has 1 N–H and O–H groups in total. The lowest BCUT2D eigenvalue weighted by molar-refractivity contribution is 0.437. The number of hydrogen-bond acceptors (Lipinski definition) is 2. The highest BCUT2D eigenvalue weighted by atomic mass is 35.5. The summed E-state index contributed by atoms with van der Waals surface area (Å²) in [6, 6.07) is 12.6. The first-order chi connectivity index (χ1) is 13.5. The van der Waals surface area contributed by atoms with Gasteiger partial charge in [-0.05, 0) is 99.1 Å². The minimum Gasteiger partial charge on any atom is -0.320 e. The Hall–Kier alpha value is -2.10. The largest absolute Gasteiger partial charge is 0.320 e. The molecule has 146 valence electrons. The summed E-state index contributed by atoms with van der Waals surface area (Å²) >= 11 is 6.08. The molecule has 0 radical (unpaired) electrons. The maximum absolute atomic E-state index is 6.08. The van der Waals surface area contributed by atoms with Gasteiger partial charge in [0.05, 0.1) is 11.0 Å². The molecule has 0 unspecified atom stereocenters. The molecule has 2 heterocycles. The molecular weight excluding hydrogens is 366 g/mol. The number of aryl methyl sites for hydroxylation is 2. The maximum atomic E-state index is 6.08. The summed E-state index contributed by atoms with van der Waals surface area (Å²) in [6.45, 7) is 9.54. The van der Waals surface area contributed by atoms with Crippen LogP contribution in [-0.4, -0.2) is 22.6 Å². The van der Waals surface area contributed by atoms with E-state index in [2.05, 4.69) is 61.0 Å². The molecule has 1 aliphatic rings. The molecule has 4 rings (SSSR count). The van der Waals surface area contributed by atoms with Gasteiger partial charge < -0.3 is 9.88 Å². The Balaban J connectivity index is 1.79. The minimum absolute atomic E-state index is 0.633. The Morgan fingerprint density at radius 3 is 2.54 bits per heavy atom. The van der Waals surface area contributed by atoms with Crippen LogP contribution in [0.3, 0.4) is 0 Å². The molecule has 0 atom stereocenters. The van der Waals surface area contributed by atoms with Crippen LogP contribution in [-0.2, 0) is 6.54 Å². The summed E-state index contributed by atoms with van der Waals surface area (Å²) < 4.78 is 2.36. The van der Waals surface area contributed by atoms with Crippen LogP contribution < -0.4 is 5.32 Å². The smallest absolute Gasteiger partial charge is 0.136 e. The van der Waals surface area contributed by atoms with E-state index in [0.29, 0.717) is 5.92 Å². The van der Waals surface area contributed by atoms with E-state index in [9.17, 15) is 0 Å². The van der Waals surface area contributed by atoms with Gasteiger partial charge >= 0.3 is 0 Å². The Morgan fingerprint density at radius 1 is 1.14 bits per heavy atom. The van der Waals surface area contributed by atoms with E-state index in [1.54, 1.807) is 0 Å². The molecule has 0 amide bonds. The Kier molecular flexibility index (Phi) is 5.56. The van der Waals surface area contributed by atoms with Crippen LogP contribution >= 0.6 is 11.6 Å². The number of nitrogens with zero attached hydrogens (tertiary/aromatic N) is 2. The van der Waals surface area contributed by atoms with Crippen molar-refractivity contribution in [3.8, 4) is 0 Å². The molecule has 3 aromatic rings. The van der Waals surface area contributed by atoms with Crippen molar-refractivity contribution in [3.63, 3.8) is 0 Å². The van der Waals surface area contributed by atoms with Gasteiger partial charge in [-0.3, -0.25) is 0 Å². The second kappa shape index (κ2) is 8.10. The number of benzene rings is 2. The van der Waals surface area contributed by atoms with Crippen LogP contribution in [0.15, 0.2) is 42.5 Å². The summed E-state index contributed by atoms with van der Waals surface area (Å²) in [5.41, 5.74) is 7.37. The third-order valence-corrected chi connectivity index (χ3v) is 6.09. The highest BCUT2D eigenvalue weighted by molar-refractivity contribution is 6.30. The van der Waals surface area contributed by atoms with Gasteiger partial charge in [0, 0.05) is 11.6 Å². The Bertz CT molecular complexity index is 1010. The zero-order chi connectivity index (χ0) is 19.7. The lowest BCUT2D eigenvalue weighted by atomic mass is 9.95. The van der Waals surface area contributed by atoms with Gasteiger partial charge in [0.2, 0.25) is 0 Å². The van der Waals surface area contributed by atoms with Crippen molar-refractivity contribution >= 4 is 28.2 Å². The van der Waals surface area contributed by atoms with Crippen molar-refractivity contribution < 1.29 is 0 Å². The van der Waals surface area contributed by atoms with Crippen molar-refractivity contribution in [2.75, 3.05) is 13.1 Å². The van der Waals surface area contributed by atoms with E-state index in [1.807, 2.05) is 12.1 Å². The molecule has 1 aliphatic heterocycles. The first-order valence-corrected chi connectivity index (χ1v) is 10.5. The number of allylic oxidation sites excluding steroid dienone is 2. The van der Waals surface area contributed by atoms with Crippen molar-refractivity contribution in [1.29, 1.82) is 0 Å². The fraction of sp³-hybridized carbons (Fsp3) is 0.375. The van der Waals surface area contributed by atoms with E-state index in [1.165, 1.54) is 40.6 Å². The first kappa shape index (κ1) is 19.2. The molecule has 0 saturated carbocycles. The highest BCUT2D eigenvalue weighted by Crippen LogP contribution is 2.27. The zero-order valence-corrected chi connectivity index (χ0v) is 17.7. The van der Waals surface area contributed by atoms with E-state index in [-0.39, 0.29) is 0 Å². The van der Waals surface area contributed by atoms with Crippen molar-refractivity contribution in [2.24, 2.45) is 5.92 Å². The standard InChI is InChI=1S/C24H28ClN3/c1-16-13-22-23(14-17(16)2)28(15-20-4-6-21(25)7-5-20)24(27-22)18(3)12-19-8-10-26-11-9-19/h4-7,12-14,19,26H,8-11,15H2,1-3H3/b18-12+.